The summed E-state index contributed by atoms with van der Waals surface area (Å²) in [5, 5.41) is 4.88. The topological polar surface area (TPSA) is 28.2 Å². The molecule has 1 aliphatic heterocycles. The van der Waals surface area contributed by atoms with E-state index in [4.69, 9.17) is 4.98 Å². The van der Waals surface area contributed by atoms with Crippen molar-refractivity contribution in [2.45, 2.75) is 52.5 Å². The van der Waals surface area contributed by atoms with E-state index in [1.165, 1.54) is 47.9 Å². The number of fused-ring (bicyclic) bond motifs is 1. The lowest BCUT2D eigenvalue weighted by Gasteiger charge is -2.21. The van der Waals surface area contributed by atoms with E-state index in [9.17, 15) is 0 Å². The molecule has 2 heterocycles. The summed E-state index contributed by atoms with van der Waals surface area (Å²) in [7, 11) is 0. The van der Waals surface area contributed by atoms with Crippen molar-refractivity contribution < 1.29 is 0 Å². The maximum atomic E-state index is 4.94. The quantitative estimate of drug-likeness (QED) is 0.919. The number of hydrogen-bond acceptors (Lipinski definition) is 4. The van der Waals surface area contributed by atoms with Gasteiger partial charge in [0.1, 0.15) is 0 Å². The van der Waals surface area contributed by atoms with E-state index in [0.717, 1.165) is 13.1 Å². The molecule has 1 saturated heterocycles. The molecule has 1 unspecified atom stereocenters. The van der Waals surface area contributed by atoms with Gasteiger partial charge in [-0.1, -0.05) is 32.1 Å². The van der Waals surface area contributed by atoms with Crippen molar-refractivity contribution in [2.24, 2.45) is 5.41 Å². The van der Waals surface area contributed by atoms with Gasteiger partial charge in [-0.2, -0.15) is 0 Å². The maximum Gasteiger partial charge on any atom is 0.185 e. The second-order valence-electron chi connectivity index (χ2n) is 6.65. The Morgan fingerprint density at radius 2 is 2.32 bits per heavy atom. The molecule has 1 atom stereocenters. The molecule has 0 amide bonds. The van der Waals surface area contributed by atoms with Crippen LogP contribution in [0.1, 0.15) is 56.6 Å². The molecule has 0 bridgehead atoms. The Morgan fingerprint density at radius 1 is 1.47 bits per heavy atom. The highest BCUT2D eigenvalue weighted by Crippen LogP contribution is 2.40. The van der Waals surface area contributed by atoms with Crippen LogP contribution in [0.25, 0.3) is 0 Å². The second kappa shape index (κ2) is 5.06. The minimum Gasteiger partial charge on any atom is -0.348 e. The van der Waals surface area contributed by atoms with E-state index in [0.29, 0.717) is 11.5 Å². The van der Waals surface area contributed by atoms with Crippen molar-refractivity contribution in [2.75, 3.05) is 24.5 Å². The number of anilines is 1. The number of rotatable bonds is 3. The normalized spacial score (nSPS) is 25.6. The molecule has 1 fully saturated rings. The number of aromatic nitrogens is 1. The summed E-state index contributed by atoms with van der Waals surface area (Å²) >= 11 is 1.93. The van der Waals surface area contributed by atoms with E-state index in [2.05, 4.69) is 31.0 Å². The summed E-state index contributed by atoms with van der Waals surface area (Å²) in [6.07, 6.45) is 5.01. The number of hydrogen-bond donors (Lipinski definition) is 1. The average molecular weight is 279 g/mol. The monoisotopic (exact) mass is 279 g/mol. The van der Waals surface area contributed by atoms with Gasteiger partial charge in [-0.25, -0.2) is 4.98 Å². The maximum absolute atomic E-state index is 4.94. The summed E-state index contributed by atoms with van der Waals surface area (Å²) in [4.78, 5) is 8.93. The lowest BCUT2D eigenvalue weighted by atomic mass is 9.93. The zero-order chi connectivity index (χ0) is 13.5. The standard InChI is InChI=1S/C15H25N3S/c1-4-16-11-6-5-7-12-13(11)19-14(17-12)18-9-8-15(2,3)10-18/h11,16H,4-10H2,1-3H3. The molecule has 0 saturated carbocycles. The van der Waals surface area contributed by atoms with Gasteiger partial charge in [0.25, 0.3) is 0 Å². The number of nitrogens with one attached hydrogen (secondary N) is 1. The molecule has 19 heavy (non-hydrogen) atoms. The van der Waals surface area contributed by atoms with Crippen molar-refractivity contribution in [3.05, 3.63) is 10.6 Å². The fourth-order valence-corrected chi connectivity index (χ4v) is 4.51. The van der Waals surface area contributed by atoms with E-state index >= 15 is 0 Å². The molecule has 0 spiro atoms. The third kappa shape index (κ3) is 2.65. The fraction of sp³-hybridized carbons (Fsp3) is 0.800. The van der Waals surface area contributed by atoms with E-state index in [1.54, 1.807) is 0 Å². The highest BCUT2D eigenvalue weighted by atomic mass is 32.1. The highest BCUT2D eigenvalue weighted by Gasteiger charge is 2.32. The summed E-state index contributed by atoms with van der Waals surface area (Å²) < 4.78 is 0. The Bertz CT molecular complexity index is 452. The third-order valence-corrected chi connectivity index (χ3v) is 5.61. The van der Waals surface area contributed by atoms with Gasteiger partial charge in [0, 0.05) is 24.0 Å². The Morgan fingerprint density at radius 3 is 3.00 bits per heavy atom. The molecule has 1 N–H and O–H groups in total. The summed E-state index contributed by atoms with van der Waals surface area (Å²) in [5.41, 5.74) is 1.81. The summed E-state index contributed by atoms with van der Waals surface area (Å²) in [6.45, 7) is 10.3. The van der Waals surface area contributed by atoms with Crippen LogP contribution in [0.3, 0.4) is 0 Å². The molecule has 3 rings (SSSR count). The fourth-order valence-electron chi connectivity index (χ4n) is 3.26. The van der Waals surface area contributed by atoms with Gasteiger partial charge in [0.05, 0.1) is 5.69 Å². The van der Waals surface area contributed by atoms with Crippen LogP contribution >= 0.6 is 11.3 Å². The first-order valence-electron chi connectivity index (χ1n) is 7.57. The highest BCUT2D eigenvalue weighted by molar-refractivity contribution is 7.15. The Labute approximate surface area is 120 Å². The summed E-state index contributed by atoms with van der Waals surface area (Å²) in [6, 6.07) is 0.551. The van der Waals surface area contributed by atoms with Gasteiger partial charge in [0.2, 0.25) is 0 Å². The van der Waals surface area contributed by atoms with Crippen molar-refractivity contribution in [3.63, 3.8) is 0 Å². The van der Waals surface area contributed by atoms with Crippen LogP contribution in [0, 0.1) is 5.41 Å². The lowest BCUT2D eigenvalue weighted by molar-refractivity contribution is 0.418. The number of thiazole rings is 1. The van der Waals surface area contributed by atoms with Crippen molar-refractivity contribution >= 4 is 16.5 Å². The molecule has 2 aliphatic rings. The predicted octanol–water partition coefficient (Wildman–Crippen LogP) is 3.37. The molecule has 106 valence electrons. The van der Waals surface area contributed by atoms with Gasteiger partial charge in [-0.15, -0.1) is 0 Å². The van der Waals surface area contributed by atoms with Crippen molar-refractivity contribution in [3.8, 4) is 0 Å². The van der Waals surface area contributed by atoms with Crippen LogP contribution in [0.15, 0.2) is 0 Å². The van der Waals surface area contributed by atoms with Crippen LogP contribution in [0.2, 0.25) is 0 Å². The Balaban J connectivity index is 1.82. The third-order valence-electron chi connectivity index (χ3n) is 4.34. The number of nitrogens with zero attached hydrogens (tertiary/aromatic N) is 2. The van der Waals surface area contributed by atoms with Gasteiger partial charge < -0.3 is 10.2 Å². The van der Waals surface area contributed by atoms with Crippen LogP contribution in [0.4, 0.5) is 5.13 Å². The zero-order valence-corrected chi connectivity index (χ0v) is 13.1. The van der Waals surface area contributed by atoms with Crippen molar-refractivity contribution in [1.29, 1.82) is 0 Å². The average Bonchev–Trinajstić information content (AvgIpc) is 2.93. The van der Waals surface area contributed by atoms with E-state index in [-0.39, 0.29) is 0 Å². The van der Waals surface area contributed by atoms with E-state index in [1.807, 2.05) is 11.3 Å². The van der Waals surface area contributed by atoms with E-state index < -0.39 is 0 Å². The first-order valence-corrected chi connectivity index (χ1v) is 8.38. The Kier molecular flexibility index (Phi) is 3.56. The zero-order valence-electron chi connectivity index (χ0n) is 12.3. The molecule has 0 radical (unpaired) electrons. The largest absolute Gasteiger partial charge is 0.348 e. The molecule has 1 aromatic heterocycles. The molecule has 4 heteroatoms. The van der Waals surface area contributed by atoms with Crippen LogP contribution in [0.5, 0.6) is 0 Å². The first kappa shape index (κ1) is 13.4. The predicted molar refractivity (Wildman–Crippen MR) is 82.1 cm³/mol. The van der Waals surface area contributed by atoms with Gasteiger partial charge >= 0.3 is 0 Å². The smallest absolute Gasteiger partial charge is 0.185 e. The van der Waals surface area contributed by atoms with Crippen LogP contribution in [-0.4, -0.2) is 24.6 Å². The van der Waals surface area contributed by atoms with Crippen molar-refractivity contribution in [1.82, 2.24) is 10.3 Å². The molecular formula is C15H25N3S. The minimum atomic E-state index is 0.452. The second-order valence-corrected chi connectivity index (χ2v) is 7.65. The molecule has 3 nitrogen and oxygen atoms in total. The van der Waals surface area contributed by atoms with Gasteiger partial charge in [-0.3, -0.25) is 0 Å². The molecule has 1 aromatic rings. The minimum absolute atomic E-state index is 0.452. The van der Waals surface area contributed by atoms with Crippen LogP contribution in [-0.2, 0) is 6.42 Å². The van der Waals surface area contributed by atoms with Gasteiger partial charge in [0.15, 0.2) is 5.13 Å². The molecular weight excluding hydrogens is 254 g/mol. The SMILES string of the molecule is CCNC1CCCc2nc(N3CCC(C)(C)C3)sc21. The molecule has 1 aliphatic carbocycles. The van der Waals surface area contributed by atoms with Crippen LogP contribution < -0.4 is 10.2 Å². The molecule has 0 aromatic carbocycles. The lowest BCUT2D eigenvalue weighted by Crippen LogP contribution is -2.23. The first-order chi connectivity index (χ1) is 9.09. The van der Waals surface area contributed by atoms with Gasteiger partial charge in [-0.05, 0) is 37.6 Å². The number of aryl methyl sites for hydroxylation is 1. The summed E-state index contributed by atoms with van der Waals surface area (Å²) in [5.74, 6) is 0. The Hall–Kier alpha value is -0.610.